The van der Waals surface area contributed by atoms with Crippen molar-refractivity contribution in [1.29, 1.82) is 0 Å². The van der Waals surface area contributed by atoms with Crippen molar-refractivity contribution in [3.63, 3.8) is 0 Å². The Morgan fingerprint density at radius 3 is 2.25 bits per heavy atom. The fourth-order valence-electron chi connectivity index (χ4n) is 0.345. The van der Waals surface area contributed by atoms with Gasteiger partial charge in [0.25, 0.3) is 0 Å². The van der Waals surface area contributed by atoms with Gasteiger partial charge in [-0.05, 0) is 20.8 Å². The highest BCUT2D eigenvalue weighted by atomic mass is 35.5. The Bertz CT molecular complexity index is 59.9. The third-order valence-electron chi connectivity index (χ3n) is 0.649. The maximum absolute atomic E-state index is 5.85. The van der Waals surface area contributed by atoms with E-state index in [1.165, 1.54) is 0 Å². The smallest absolute Gasteiger partial charge is 0.181 e. The molecule has 0 aromatic rings. The van der Waals surface area contributed by atoms with Gasteiger partial charge in [-0.25, -0.2) is 0 Å². The van der Waals surface area contributed by atoms with Gasteiger partial charge in [0.1, 0.15) is 0 Å². The lowest BCUT2D eigenvalue weighted by Crippen LogP contribution is -2.23. The molecule has 0 atom stereocenters. The van der Waals surface area contributed by atoms with Crippen molar-refractivity contribution in [1.82, 2.24) is 0 Å². The van der Waals surface area contributed by atoms with E-state index in [0.717, 1.165) is 6.61 Å². The Balaban J connectivity index is 3.11. The number of alkyl halides is 1. The minimum Gasteiger partial charge on any atom is -0.423 e. The van der Waals surface area contributed by atoms with Crippen molar-refractivity contribution in [2.75, 3.05) is 6.61 Å². The van der Waals surface area contributed by atoms with Gasteiger partial charge in [0, 0.05) is 6.61 Å². The lowest BCUT2D eigenvalue weighted by atomic mass is 10.5. The van der Waals surface area contributed by atoms with Crippen LogP contribution in [0, 0.1) is 0 Å². The summed E-state index contributed by atoms with van der Waals surface area (Å²) in [5.41, 5.74) is 0. The Morgan fingerprint density at radius 1 is 1.62 bits per heavy atom. The number of hydrogen-bond donors (Lipinski definition) is 0. The molecule has 0 saturated carbocycles. The molecule has 0 N–H and O–H groups in total. The zero-order valence-corrected chi connectivity index (χ0v) is 7.87. The van der Waals surface area contributed by atoms with Gasteiger partial charge < -0.3 is 4.43 Å². The molecule has 0 fully saturated rings. The second-order valence-corrected chi connectivity index (χ2v) is 6.29. The summed E-state index contributed by atoms with van der Waals surface area (Å²) in [6, 6.07) is 0. The maximum Gasteiger partial charge on any atom is 0.181 e. The predicted molar refractivity (Wildman–Crippen MR) is 40.1 cm³/mol. The first-order chi connectivity index (χ1) is 3.56. The van der Waals surface area contributed by atoms with E-state index in [9.17, 15) is 0 Å². The zero-order chi connectivity index (χ0) is 6.62. The van der Waals surface area contributed by atoms with Gasteiger partial charge in [-0.1, -0.05) is 0 Å². The molecule has 0 aliphatic carbocycles. The Labute approximate surface area is 58.3 Å². The molecule has 0 unspecified atom stereocenters. The summed E-state index contributed by atoms with van der Waals surface area (Å²) >= 11 is 5.85. The molecule has 8 heavy (non-hydrogen) atoms. The average molecular weight is 153 g/mol. The summed E-state index contributed by atoms with van der Waals surface area (Å²) in [6.07, 6.45) is 0. The monoisotopic (exact) mass is 152 g/mol. The summed E-state index contributed by atoms with van der Waals surface area (Å²) in [5.74, 6) is 0. The number of halogens is 1. The molecule has 0 aromatic heterocycles. The Hall–Kier alpha value is 0.467. The van der Waals surface area contributed by atoms with Crippen molar-refractivity contribution in [2.45, 2.75) is 25.3 Å². The van der Waals surface area contributed by atoms with Crippen LogP contribution in [-0.2, 0) is 4.43 Å². The molecular weight excluding hydrogens is 140 g/mol. The van der Waals surface area contributed by atoms with E-state index in [0.29, 0.717) is 0 Å². The summed E-state index contributed by atoms with van der Waals surface area (Å²) < 4.78 is 5.15. The van der Waals surface area contributed by atoms with Gasteiger partial charge in [-0.3, -0.25) is 0 Å². The molecule has 0 rings (SSSR count). The summed E-state index contributed by atoms with van der Waals surface area (Å²) in [7, 11) is -0.485. The lowest BCUT2D eigenvalue weighted by molar-refractivity contribution is 0.352. The van der Waals surface area contributed by atoms with E-state index in [-0.39, 0.29) is 4.50 Å². The Morgan fingerprint density at radius 2 is 2.12 bits per heavy atom. The van der Waals surface area contributed by atoms with Crippen LogP contribution in [0.2, 0.25) is 0 Å². The van der Waals surface area contributed by atoms with E-state index in [1.54, 1.807) is 0 Å². The highest BCUT2D eigenvalue weighted by Crippen LogP contribution is 2.09. The molecule has 3 heteroatoms. The molecule has 0 aliphatic heterocycles. The van der Waals surface area contributed by atoms with Gasteiger partial charge in [0.2, 0.25) is 0 Å². The first-order valence-corrected chi connectivity index (χ1v) is 4.49. The van der Waals surface area contributed by atoms with Crippen molar-refractivity contribution in [3.8, 4) is 0 Å². The molecular formula is C5H13ClOSi. The molecule has 0 aliphatic rings. The standard InChI is InChI=1S/C5H13ClOSi/c1-4-7-8-5(2,3)6/h4,8H2,1-3H3. The van der Waals surface area contributed by atoms with Crippen LogP contribution >= 0.6 is 11.6 Å². The van der Waals surface area contributed by atoms with Gasteiger partial charge in [0.15, 0.2) is 9.76 Å². The van der Waals surface area contributed by atoms with E-state index in [4.69, 9.17) is 16.0 Å². The fraction of sp³-hybridized carbons (Fsp3) is 1.00. The van der Waals surface area contributed by atoms with Crippen molar-refractivity contribution in [3.05, 3.63) is 0 Å². The van der Waals surface area contributed by atoms with Crippen molar-refractivity contribution < 1.29 is 4.43 Å². The van der Waals surface area contributed by atoms with Crippen LogP contribution in [-0.4, -0.2) is 20.9 Å². The highest BCUT2D eigenvalue weighted by molar-refractivity contribution is 6.52. The first-order valence-electron chi connectivity index (χ1n) is 2.83. The van der Waals surface area contributed by atoms with Gasteiger partial charge in [-0.2, -0.15) is 0 Å². The highest BCUT2D eigenvalue weighted by Gasteiger charge is 2.13. The van der Waals surface area contributed by atoms with Crippen LogP contribution in [0.3, 0.4) is 0 Å². The second-order valence-electron chi connectivity index (χ2n) is 2.36. The molecule has 0 bridgehead atoms. The normalized spacial score (nSPS) is 13.5. The van der Waals surface area contributed by atoms with Crippen LogP contribution < -0.4 is 0 Å². The maximum atomic E-state index is 5.85. The number of hydrogen-bond acceptors (Lipinski definition) is 1. The first kappa shape index (κ1) is 8.47. The third-order valence-corrected chi connectivity index (χ3v) is 2.28. The topological polar surface area (TPSA) is 9.23 Å². The van der Waals surface area contributed by atoms with Crippen LogP contribution in [0.15, 0.2) is 0 Å². The van der Waals surface area contributed by atoms with Crippen LogP contribution in [0.4, 0.5) is 0 Å². The van der Waals surface area contributed by atoms with E-state index < -0.39 is 9.76 Å². The van der Waals surface area contributed by atoms with Crippen molar-refractivity contribution >= 4 is 21.4 Å². The average Bonchev–Trinajstić information content (AvgIpc) is 1.59. The summed E-state index contributed by atoms with van der Waals surface area (Å²) in [6.45, 7) is 6.80. The molecule has 50 valence electrons. The number of rotatable bonds is 3. The SMILES string of the molecule is CCO[SiH2]C(C)(C)Cl. The largest absolute Gasteiger partial charge is 0.423 e. The summed E-state index contributed by atoms with van der Waals surface area (Å²) in [4.78, 5) is 0. The second kappa shape index (κ2) is 3.48. The lowest BCUT2D eigenvalue weighted by Gasteiger charge is -2.12. The van der Waals surface area contributed by atoms with E-state index in [2.05, 4.69) is 0 Å². The van der Waals surface area contributed by atoms with Gasteiger partial charge in [-0.15, -0.1) is 11.6 Å². The van der Waals surface area contributed by atoms with Gasteiger partial charge >= 0.3 is 0 Å². The quantitative estimate of drug-likeness (QED) is 0.435. The Kier molecular flexibility index (Phi) is 3.69. The zero-order valence-electron chi connectivity index (χ0n) is 5.70. The van der Waals surface area contributed by atoms with E-state index in [1.807, 2.05) is 20.8 Å². The van der Waals surface area contributed by atoms with Crippen molar-refractivity contribution in [2.24, 2.45) is 0 Å². The molecule has 0 radical (unpaired) electrons. The van der Waals surface area contributed by atoms with Gasteiger partial charge in [0.05, 0.1) is 4.50 Å². The molecule has 1 nitrogen and oxygen atoms in total. The predicted octanol–water partition coefficient (Wildman–Crippen LogP) is 1.08. The molecule has 0 saturated heterocycles. The third kappa shape index (κ3) is 6.47. The molecule has 0 aromatic carbocycles. The van der Waals surface area contributed by atoms with E-state index >= 15 is 0 Å². The minimum atomic E-state index is -0.485. The molecule has 0 amide bonds. The van der Waals surface area contributed by atoms with Crippen LogP contribution in [0.1, 0.15) is 20.8 Å². The van der Waals surface area contributed by atoms with Crippen LogP contribution in [0.5, 0.6) is 0 Å². The molecule has 0 spiro atoms. The summed E-state index contributed by atoms with van der Waals surface area (Å²) in [5, 5.41) is 0. The molecule has 0 heterocycles. The fourth-order valence-corrected chi connectivity index (χ4v) is 1.27. The minimum absolute atomic E-state index is 0.0595. The van der Waals surface area contributed by atoms with Crippen LogP contribution in [0.25, 0.3) is 0 Å².